The number of ether oxygens (including phenoxy) is 1. The van der Waals surface area contributed by atoms with Crippen LogP contribution in [0.5, 0.6) is 0 Å². The molecule has 1 N–H and O–H groups in total. The molecule has 0 aliphatic rings. The summed E-state index contributed by atoms with van der Waals surface area (Å²) in [5, 5.41) is 2.30. The van der Waals surface area contributed by atoms with Crippen molar-refractivity contribution in [1.82, 2.24) is 5.32 Å². The summed E-state index contributed by atoms with van der Waals surface area (Å²) in [5.41, 5.74) is -1.94. The highest BCUT2D eigenvalue weighted by Gasteiger charge is 2.34. The molecule has 1 amide bonds. The standard InChI is InChI=1S/C13H15F4NO2/c1-12(2,3)20-11(19)18-7-8-4-5-10(14)9(6-8)13(15,16)17/h4-6H,7H2,1-3H3,(H,18,19). The summed E-state index contributed by atoms with van der Waals surface area (Å²) in [6, 6.07) is 2.55. The number of benzene rings is 1. The van der Waals surface area contributed by atoms with Gasteiger partial charge in [-0.1, -0.05) is 6.07 Å². The van der Waals surface area contributed by atoms with Gasteiger partial charge in [0, 0.05) is 6.54 Å². The smallest absolute Gasteiger partial charge is 0.419 e. The maximum Gasteiger partial charge on any atom is 0.419 e. The highest BCUT2D eigenvalue weighted by Crippen LogP contribution is 2.31. The Balaban J connectivity index is 2.73. The predicted octanol–water partition coefficient (Wildman–Crippen LogP) is 3.87. The molecule has 0 aliphatic carbocycles. The minimum absolute atomic E-state index is 0.129. The molecular formula is C13H15F4NO2. The van der Waals surface area contributed by atoms with Crippen molar-refractivity contribution in [3.05, 3.63) is 35.1 Å². The summed E-state index contributed by atoms with van der Waals surface area (Å²) in [5.74, 6) is -1.35. The SMILES string of the molecule is CC(C)(C)OC(=O)NCc1ccc(F)c(C(F)(F)F)c1. The second kappa shape index (κ2) is 5.68. The first-order valence-electron chi connectivity index (χ1n) is 5.81. The summed E-state index contributed by atoms with van der Waals surface area (Å²) in [6.45, 7) is 4.79. The molecule has 0 aliphatic heterocycles. The van der Waals surface area contributed by atoms with Crippen molar-refractivity contribution in [2.24, 2.45) is 0 Å². The summed E-state index contributed by atoms with van der Waals surface area (Å²) >= 11 is 0. The Kier molecular flexibility index (Phi) is 4.62. The first kappa shape index (κ1) is 16.3. The van der Waals surface area contributed by atoms with Crippen LogP contribution in [0.25, 0.3) is 0 Å². The van der Waals surface area contributed by atoms with Crippen LogP contribution in [-0.2, 0) is 17.5 Å². The number of carbonyl (C=O) groups is 1. The quantitative estimate of drug-likeness (QED) is 0.841. The molecule has 0 heterocycles. The average Bonchev–Trinajstić information content (AvgIpc) is 2.24. The zero-order valence-electron chi connectivity index (χ0n) is 11.3. The molecule has 3 nitrogen and oxygen atoms in total. The van der Waals surface area contributed by atoms with Gasteiger partial charge in [-0.15, -0.1) is 0 Å². The van der Waals surface area contributed by atoms with Gasteiger partial charge in [-0.2, -0.15) is 13.2 Å². The van der Waals surface area contributed by atoms with Crippen LogP contribution in [0.2, 0.25) is 0 Å². The first-order valence-corrected chi connectivity index (χ1v) is 5.81. The van der Waals surface area contributed by atoms with Gasteiger partial charge in [0.05, 0.1) is 5.56 Å². The van der Waals surface area contributed by atoms with Crippen molar-refractivity contribution in [2.75, 3.05) is 0 Å². The van der Waals surface area contributed by atoms with E-state index in [0.717, 1.165) is 6.07 Å². The van der Waals surface area contributed by atoms with Crippen LogP contribution in [0, 0.1) is 5.82 Å². The van der Waals surface area contributed by atoms with E-state index in [9.17, 15) is 22.4 Å². The van der Waals surface area contributed by atoms with Crippen LogP contribution >= 0.6 is 0 Å². The van der Waals surface area contributed by atoms with Crippen LogP contribution in [0.1, 0.15) is 31.9 Å². The molecule has 1 aromatic carbocycles. The Morgan fingerprint density at radius 2 is 1.85 bits per heavy atom. The third-order valence-corrected chi connectivity index (χ3v) is 2.17. The van der Waals surface area contributed by atoms with E-state index in [1.807, 2.05) is 0 Å². The van der Waals surface area contributed by atoms with E-state index in [1.54, 1.807) is 20.8 Å². The first-order chi connectivity index (χ1) is 8.99. The largest absolute Gasteiger partial charge is 0.444 e. The van der Waals surface area contributed by atoms with Gasteiger partial charge in [-0.3, -0.25) is 0 Å². The molecule has 0 spiro atoms. The zero-order chi connectivity index (χ0) is 15.6. The molecule has 0 saturated carbocycles. The van der Waals surface area contributed by atoms with Gasteiger partial charge in [0.25, 0.3) is 0 Å². The molecule has 0 radical (unpaired) electrons. The monoisotopic (exact) mass is 293 g/mol. The van der Waals surface area contributed by atoms with Gasteiger partial charge in [0.1, 0.15) is 11.4 Å². The zero-order valence-corrected chi connectivity index (χ0v) is 11.3. The Bertz CT molecular complexity index is 492. The summed E-state index contributed by atoms with van der Waals surface area (Å²) in [6.07, 6.45) is -5.53. The molecule has 112 valence electrons. The fourth-order valence-corrected chi connectivity index (χ4v) is 1.39. The van der Waals surface area contributed by atoms with Gasteiger partial charge in [-0.05, 0) is 38.5 Å². The average molecular weight is 293 g/mol. The van der Waals surface area contributed by atoms with Crippen molar-refractivity contribution >= 4 is 6.09 Å². The Morgan fingerprint density at radius 1 is 1.25 bits per heavy atom. The van der Waals surface area contributed by atoms with Gasteiger partial charge in [-0.25, -0.2) is 9.18 Å². The third kappa shape index (κ3) is 5.07. The summed E-state index contributed by atoms with van der Waals surface area (Å²) in [4.78, 5) is 11.4. The van der Waals surface area contributed by atoms with Crippen LogP contribution in [0.4, 0.5) is 22.4 Å². The van der Waals surface area contributed by atoms with E-state index in [1.165, 1.54) is 6.07 Å². The van der Waals surface area contributed by atoms with Crippen LogP contribution in [0.15, 0.2) is 18.2 Å². The number of hydrogen-bond acceptors (Lipinski definition) is 2. The lowest BCUT2D eigenvalue weighted by Crippen LogP contribution is -2.32. The number of amides is 1. The molecular weight excluding hydrogens is 278 g/mol. The lowest BCUT2D eigenvalue weighted by molar-refractivity contribution is -0.140. The molecule has 0 saturated heterocycles. The van der Waals surface area contributed by atoms with Crippen LogP contribution < -0.4 is 5.32 Å². The predicted molar refractivity (Wildman–Crippen MR) is 64.5 cm³/mol. The van der Waals surface area contributed by atoms with E-state index in [0.29, 0.717) is 6.07 Å². The van der Waals surface area contributed by atoms with Crippen molar-refractivity contribution in [2.45, 2.75) is 39.1 Å². The van der Waals surface area contributed by atoms with Crippen molar-refractivity contribution in [3.63, 3.8) is 0 Å². The van der Waals surface area contributed by atoms with Gasteiger partial charge < -0.3 is 10.1 Å². The lowest BCUT2D eigenvalue weighted by atomic mass is 10.1. The number of carbonyl (C=O) groups excluding carboxylic acids is 1. The van der Waals surface area contributed by atoms with Crippen LogP contribution in [0.3, 0.4) is 0 Å². The minimum Gasteiger partial charge on any atom is -0.444 e. The van der Waals surface area contributed by atoms with Crippen molar-refractivity contribution in [1.29, 1.82) is 0 Å². The normalized spacial score (nSPS) is 12.2. The number of alkyl halides is 3. The molecule has 0 aromatic heterocycles. The minimum atomic E-state index is -4.77. The van der Waals surface area contributed by atoms with E-state index in [-0.39, 0.29) is 12.1 Å². The second-order valence-corrected chi connectivity index (χ2v) is 5.17. The molecule has 20 heavy (non-hydrogen) atoms. The molecule has 7 heteroatoms. The van der Waals surface area contributed by atoms with Gasteiger partial charge in [0.15, 0.2) is 0 Å². The van der Waals surface area contributed by atoms with E-state index in [4.69, 9.17) is 4.74 Å². The van der Waals surface area contributed by atoms with Crippen molar-refractivity contribution < 1.29 is 27.1 Å². The maximum absolute atomic E-state index is 13.1. The van der Waals surface area contributed by atoms with Gasteiger partial charge in [0.2, 0.25) is 0 Å². The van der Waals surface area contributed by atoms with E-state index in [2.05, 4.69) is 5.32 Å². The summed E-state index contributed by atoms with van der Waals surface area (Å²) in [7, 11) is 0. The topological polar surface area (TPSA) is 38.3 Å². The Labute approximate surface area is 113 Å². The van der Waals surface area contributed by atoms with Gasteiger partial charge >= 0.3 is 12.3 Å². The molecule has 1 rings (SSSR count). The number of halogens is 4. The number of rotatable bonds is 2. The molecule has 0 atom stereocenters. The molecule has 1 aromatic rings. The Hall–Kier alpha value is -1.79. The van der Waals surface area contributed by atoms with E-state index >= 15 is 0 Å². The second-order valence-electron chi connectivity index (χ2n) is 5.17. The molecule has 0 bridgehead atoms. The number of hydrogen-bond donors (Lipinski definition) is 1. The third-order valence-electron chi connectivity index (χ3n) is 2.17. The number of nitrogens with one attached hydrogen (secondary N) is 1. The fraction of sp³-hybridized carbons (Fsp3) is 0.462. The maximum atomic E-state index is 13.1. The highest BCUT2D eigenvalue weighted by molar-refractivity contribution is 5.67. The lowest BCUT2D eigenvalue weighted by Gasteiger charge is -2.19. The Morgan fingerprint density at radius 3 is 2.35 bits per heavy atom. The molecule has 0 unspecified atom stereocenters. The summed E-state index contributed by atoms with van der Waals surface area (Å²) < 4.78 is 55.5. The highest BCUT2D eigenvalue weighted by atomic mass is 19.4. The van der Waals surface area contributed by atoms with Crippen molar-refractivity contribution in [3.8, 4) is 0 Å². The van der Waals surface area contributed by atoms with E-state index < -0.39 is 29.3 Å². The fourth-order valence-electron chi connectivity index (χ4n) is 1.39. The van der Waals surface area contributed by atoms with Crippen LogP contribution in [-0.4, -0.2) is 11.7 Å². The molecule has 0 fully saturated rings. The number of alkyl carbamates (subject to hydrolysis) is 1.